The maximum absolute atomic E-state index is 9.60. The largest absolute Gasteiger partial charge is 0.508 e. The Morgan fingerprint density at radius 2 is 1.75 bits per heavy atom. The van der Waals surface area contributed by atoms with Gasteiger partial charge < -0.3 is 20.1 Å². The Morgan fingerprint density at radius 3 is 2.33 bits per heavy atom. The van der Waals surface area contributed by atoms with E-state index in [9.17, 15) is 15.3 Å². The summed E-state index contributed by atoms with van der Waals surface area (Å²) in [5.74, 6) is 4.69. The number of ether oxygens (including phenoxy) is 1. The average Bonchev–Trinajstić information content (AvgIpc) is 2.58. The highest BCUT2D eigenvalue weighted by molar-refractivity contribution is 5.76. The minimum atomic E-state index is -0.0262. The van der Waals surface area contributed by atoms with Crippen molar-refractivity contribution in [3.63, 3.8) is 0 Å². The molecule has 5 N–H and O–H groups in total. The normalized spacial score (nSPS) is 10.3. The Morgan fingerprint density at radius 1 is 1.04 bits per heavy atom. The fourth-order valence-corrected chi connectivity index (χ4v) is 1.67. The van der Waals surface area contributed by atoms with Crippen LogP contribution in [-0.4, -0.2) is 35.8 Å². The Balaban J connectivity index is 0.000000648. The summed E-state index contributed by atoms with van der Waals surface area (Å²) in [5, 5.41) is 28.2. The topological polar surface area (TPSA) is 126 Å². The molecule has 130 valence electrons. The molecule has 0 spiro atoms. The SMILES string of the molecule is COON.COc1cc(C=[O+]Cc2ccc(O)cc2O)ccc1O. The van der Waals surface area contributed by atoms with Crippen LogP contribution in [0.1, 0.15) is 15.6 Å². The molecular weight excluding hydrogens is 318 g/mol. The summed E-state index contributed by atoms with van der Waals surface area (Å²) >= 11 is 0. The average molecular weight is 338 g/mol. The Bertz CT molecular complexity index is 671. The van der Waals surface area contributed by atoms with Crippen molar-refractivity contribution in [1.82, 2.24) is 0 Å². The first-order chi connectivity index (χ1) is 11.5. The van der Waals surface area contributed by atoms with Gasteiger partial charge >= 0.3 is 6.29 Å². The summed E-state index contributed by atoms with van der Waals surface area (Å²) in [5.41, 5.74) is 1.28. The Hall–Kier alpha value is -2.81. The molecule has 0 heterocycles. The number of benzene rings is 2. The number of rotatable bonds is 5. The third-order valence-corrected chi connectivity index (χ3v) is 2.83. The maximum Gasteiger partial charge on any atom is 0.316 e. The first kappa shape index (κ1) is 19.2. The number of hydrogen-bond donors (Lipinski definition) is 4. The van der Waals surface area contributed by atoms with E-state index in [4.69, 9.17) is 9.16 Å². The molecule has 0 aromatic heterocycles. The number of carbonyl (C=O) groups excluding carboxylic acids is 1. The molecule has 24 heavy (non-hydrogen) atoms. The zero-order valence-corrected chi connectivity index (χ0v) is 13.3. The zero-order chi connectivity index (χ0) is 17.9. The standard InChI is InChI=1S/C15H14O5.CH5NO2/c1-19-15-6-10(2-5-13(15)17)8-20-9-11-3-4-12(16)7-14(11)18;1-3-4-2/h2-8H,9H2,1H3,(H2-,16,17,18);2H2,1H3/p+1. The quantitative estimate of drug-likeness (QED) is 0.283. The number of methoxy groups -OCH3 is 1. The van der Waals surface area contributed by atoms with E-state index in [2.05, 4.69) is 15.8 Å². The zero-order valence-electron chi connectivity index (χ0n) is 13.3. The molecule has 0 amide bonds. The van der Waals surface area contributed by atoms with Gasteiger partial charge in [0.15, 0.2) is 11.5 Å². The number of phenols is 3. The molecule has 0 radical (unpaired) electrons. The molecule has 8 heteroatoms. The smallest absolute Gasteiger partial charge is 0.316 e. The van der Waals surface area contributed by atoms with Crippen molar-refractivity contribution in [2.24, 2.45) is 5.90 Å². The predicted molar refractivity (Wildman–Crippen MR) is 85.8 cm³/mol. The van der Waals surface area contributed by atoms with Gasteiger partial charge in [-0.1, -0.05) is 0 Å². The highest BCUT2D eigenvalue weighted by Gasteiger charge is 2.08. The first-order valence-corrected chi connectivity index (χ1v) is 6.74. The maximum atomic E-state index is 9.60. The van der Waals surface area contributed by atoms with Gasteiger partial charge in [0.2, 0.25) is 0 Å². The molecule has 0 aliphatic rings. The molecule has 0 saturated carbocycles. The van der Waals surface area contributed by atoms with Crippen LogP contribution in [0.15, 0.2) is 36.4 Å². The van der Waals surface area contributed by atoms with Crippen LogP contribution >= 0.6 is 0 Å². The highest BCUT2D eigenvalue weighted by Crippen LogP contribution is 2.26. The number of aldehydes is 1. The van der Waals surface area contributed by atoms with Gasteiger partial charge in [-0.2, -0.15) is 5.90 Å². The summed E-state index contributed by atoms with van der Waals surface area (Å²) < 4.78 is 10.4. The van der Waals surface area contributed by atoms with Crippen LogP contribution in [0, 0.1) is 0 Å². The van der Waals surface area contributed by atoms with E-state index in [0.29, 0.717) is 11.3 Å². The van der Waals surface area contributed by atoms with E-state index < -0.39 is 0 Å². The van der Waals surface area contributed by atoms with Gasteiger partial charge in [0.1, 0.15) is 11.5 Å². The second-order valence-corrected chi connectivity index (χ2v) is 4.44. The summed E-state index contributed by atoms with van der Waals surface area (Å²) in [6.07, 6.45) is 1.49. The monoisotopic (exact) mass is 338 g/mol. The molecule has 8 nitrogen and oxygen atoms in total. The lowest BCUT2D eigenvalue weighted by Crippen LogP contribution is -1.93. The molecular formula is C16H20NO7+. The van der Waals surface area contributed by atoms with Crippen LogP contribution in [0.4, 0.5) is 0 Å². The van der Waals surface area contributed by atoms with E-state index >= 15 is 0 Å². The fourth-order valence-electron chi connectivity index (χ4n) is 1.67. The molecule has 0 fully saturated rings. The number of phenolic OH excluding ortho intramolecular Hbond substituents is 3. The van der Waals surface area contributed by atoms with E-state index in [0.717, 1.165) is 5.56 Å². The Kier molecular flexibility index (Phi) is 8.06. The number of hydrogen-bond acceptors (Lipinski definition) is 7. The van der Waals surface area contributed by atoms with Gasteiger partial charge in [-0.3, -0.25) is 4.42 Å². The third-order valence-electron chi connectivity index (χ3n) is 2.83. The second kappa shape index (κ2) is 10.1. The van der Waals surface area contributed by atoms with E-state index in [1.807, 2.05) is 0 Å². The number of nitrogens with two attached hydrogens (primary N) is 1. The molecule has 0 bridgehead atoms. The molecule has 2 aromatic carbocycles. The summed E-state index contributed by atoms with van der Waals surface area (Å²) in [7, 11) is 2.80. The third kappa shape index (κ3) is 6.13. The van der Waals surface area contributed by atoms with Gasteiger partial charge in [0.25, 0.3) is 6.61 Å². The van der Waals surface area contributed by atoms with Crippen molar-refractivity contribution in [3.05, 3.63) is 47.5 Å². The molecule has 2 aromatic rings. The minimum absolute atomic E-state index is 0.00139. The van der Waals surface area contributed by atoms with Crippen LogP contribution < -0.4 is 10.6 Å². The summed E-state index contributed by atoms with van der Waals surface area (Å²) in [6, 6.07) is 9.12. The first-order valence-electron chi connectivity index (χ1n) is 6.74. The van der Waals surface area contributed by atoms with E-state index in [1.54, 1.807) is 18.2 Å². The molecule has 0 aliphatic heterocycles. The second-order valence-electron chi connectivity index (χ2n) is 4.44. The summed E-state index contributed by atoms with van der Waals surface area (Å²) in [4.78, 5) is 7.36. The van der Waals surface area contributed by atoms with Crippen molar-refractivity contribution < 1.29 is 34.4 Å². The predicted octanol–water partition coefficient (Wildman–Crippen LogP) is 1.80. The van der Waals surface area contributed by atoms with Crippen LogP contribution in [0.25, 0.3) is 0 Å². The number of aromatic hydroxyl groups is 3. The van der Waals surface area contributed by atoms with Crippen molar-refractivity contribution in [2.45, 2.75) is 6.61 Å². The minimum Gasteiger partial charge on any atom is -0.508 e. The lowest BCUT2D eigenvalue weighted by molar-refractivity contribution is -0.282. The van der Waals surface area contributed by atoms with Crippen molar-refractivity contribution in [3.8, 4) is 23.0 Å². The highest BCUT2D eigenvalue weighted by atomic mass is 17.3. The molecule has 0 saturated heterocycles. The van der Waals surface area contributed by atoms with Gasteiger partial charge in [0, 0.05) is 6.07 Å². The van der Waals surface area contributed by atoms with Crippen LogP contribution in [-0.2, 0) is 16.5 Å². The Labute approximate surface area is 138 Å². The molecule has 0 unspecified atom stereocenters. The van der Waals surface area contributed by atoms with Gasteiger partial charge in [-0.05, 0) is 30.3 Å². The van der Waals surface area contributed by atoms with Gasteiger partial charge in [-0.25, -0.2) is 4.89 Å². The van der Waals surface area contributed by atoms with E-state index in [1.165, 1.54) is 38.7 Å². The van der Waals surface area contributed by atoms with E-state index in [-0.39, 0.29) is 23.9 Å². The van der Waals surface area contributed by atoms with Crippen molar-refractivity contribution in [1.29, 1.82) is 0 Å². The lowest BCUT2D eigenvalue weighted by atomic mass is 10.2. The molecule has 0 aliphatic carbocycles. The van der Waals surface area contributed by atoms with Crippen molar-refractivity contribution in [2.75, 3.05) is 14.2 Å². The van der Waals surface area contributed by atoms with Crippen molar-refractivity contribution >= 4 is 6.29 Å². The summed E-state index contributed by atoms with van der Waals surface area (Å²) in [6.45, 7) is 0.162. The van der Waals surface area contributed by atoms with Gasteiger partial charge in [0.05, 0.1) is 25.3 Å². The lowest BCUT2D eigenvalue weighted by Gasteiger charge is -2.01. The fraction of sp³-hybridized carbons (Fsp3) is 0.188. The van der Waals surface area contributed by atoms with Crippen LogP contribution in [0.3, 0.4) is 0 Å². The molecule has 0 atom stereocenters. The van der Waals surface area contributed by atoms with Gasteiger partial charge in [-0.15, -0.1) is 4.99 Å². The van der Waals surface area contributed by atoms with Crippen LogP contribution in [0.5, 0.6) is 23.0 Å². The molecule has 2 rings (SSSR count). The van der Waals surface area contributed by atoms with Crippen LogP contribution in [0.2, 0.25) is 0 Å².